The summed E-state index contributed by atoms with van der Waals surface area (Å²) < 4.78 is 6.86. The van der Waals surface area contributed by atoms with E-state index in [2.05, 4.69) is 27.9 Å². The fourth-order valence-electron chi connectivity index (χ4n) is 3.74. The van der Waals surface area contributed by atoms with Crippen LogP contribution in [0.25, 0.3) is 0 Å². The number of benzene rings is 1. The summed E-state index contributed by atoms with van der Waals surface area (Å²) in [6.07, 6.45) is 5.86. The van der Waals surface area contributed by atoms with Crippen LogP contribution in [0.1, 0.15) is 23.3 Å². The van der Waals surface area contributed by atoms with Gasteiger partial charge >= 0.3 is 0 Å². The molecule has 160 valence electrons. The zero-order valence-electron chi connectivity index (χ0n) is 17.1. The van der Waals surface area contributed by atoms with Gasteiger partial charge in [0, 0.05) is 38.4 Å². The average Bonchev–Trinajstić information content (AvgIpc) is 3.33. The second-order valence-electron chi connectivity index (χ2n) is 7.25. The highest BCUT2D eigenvalue weighted by Gasteiger charge is 2.41. The summed E-state index contributed by atoms with van der Waals surface area (Å²) in [5.41, 5.74) is 3.33. The second kappa shape index (κ2) is 9.05. The first kappa shape index (κ1) is 21.3. The molecule has 31 heavy (non-hydrogen) atoms. The first-order valence-electron chi connectivity index (χ1n) is 9.69. The van der Waals surface area contributed by atoms with E-state index in [1.165, 1.54) is 7.11 Å². The lowest BCUT2D eigenvalue weighted by Crippen LogP contribution is -2.29. The SMILES string of the molecule is COCC(=O)Nc1ccc(N2C(=S)N[C@H](c3ccccn3)[C@H]2c2ccn(C)c2)cc1Cl. The maximum Gasteiger partial charge on any atom is 0.250 e. The minimum atomic E-state index is -0.270. The Kier molecular flexibility index (Phi) is 6.22. The van der Waals surface area contributed by atoms with Crippen molar-refractivity contribution in [3.63, 3.8) is 0 Å². The summed E-state index contributed by atoms with van der Waals surface area (Å²) >= 11 is 12.2. The highest BCUT2D eigenvalue weighted by Crippen LogP contribution is 2.42. The van der Waals surface area contributed by atoms with Gasteiger partial charge in [0.25, 0.3) is 0 Å². The Hall–Kier alpha value is -2.94. The topological polar surface area (TPSA) is 71.4 Å². The molecule has 2 N–H and O–H groups in total. The van der Waals surface area contributed by atoms with Gasteiger partial charge in [-0.3, -0.25) is 9.78 Å². The van der Waals surface area contributed by atoms with Gasteiger partial charge in [-0.1, -0.05) is 17.7 Å². The van der Waals surface area contributed by atoms with Crippen LogP contribution in [0.2, 0.25) is 5.02 Å². The minimum absolute atomic E-state index is 0.0416. The number of amides is 1. The summed E-state index contributed by atoms with van der Waals surface area (Å²) in [7, 11) is 3.45. The molecular weight excluding hydrogens is 434 g/mol. The van der Waals surface area contributed by atoms with Gasteiger partial charge in [0.05, 0.1) is 28.5 Å². The number of pyridine rings is 1. The molecule has 0 aliphatic carbocycles. The number of anilines is 2. The molecule has 7 nitrogen and oxygen atoms in total. The number of nitrogens with zero attached hydrogens (tertiary/aromatic N) is 3. The summed E-state index contributed by atoms with van der Waals surface area (Å²) in [5.74, 6) is -0.270. The van der Waals surface area contributed by atoms with Crippen molar-refractivity contribution in [3.8, 4) is 0 Å². The third-order valence-corrected chi connectivity index (χ3v) is 5.70. The van der Waals surface area contributed by atoms with Crippen LogP contribution in [0, 0.1) is 0 Å². The van der Waals surface area contributed by atoms with Gasteiger partial charge in [0.1, 0.15) is 6.61 Å². The Morgan fingerprint density at radius 2 is 2.16 bits per heavy atom. The van der Waals surface area contributed by atoms with Crippen LogP contribution in [-0.2, 0) is 16.6 Å². The summed E-state index contributed by atoms with van der Waals surface area (Å²) in [5, 5.41) is 7.16. The van der Waals surface area contributed by atoms with Crippen molar-refractivity contribution < 1.29 is 9.53 Å². The molecule has 4 rings (SSSR count). The number of aromatic nitrogens is 2. The van der Waals surface area contributed by atoms with Gasteiger partial charge in [0.2, 0.25) is 5.91 Å². The number of rotatable bonds is 6. The van der Waals surface area contributed by atoms with E-state index in [-0.39, 0.29) is 24.6 Å². The lowest BCUT2D eigenvalue weighted by atomic mass is 9.98. The molecular formula is C22H22ClN5O2S. The van der Waals surface area contributed by atoms with Crippen LogP contribution < -0.4 is 15.5 Å². The number of carbonyl (C=O) groups is 1. The summed E-state index contributed by atoms with van der Waals surface area (Å²) in [6.45, 7) is -0.0416. The number of carbonyl (C=O) groups excluding carboxylic acids is 1. The van der Waals surface area contributed by atoms with Crippen LogP contribution in [0.5, 0.6) is 0 Å². The van der Waals surface area contributed by atoms with Gasteiger partial charge in [-0.05, 0) is 54.2 Å². The van der Waals surface area contributed by atoms with E-state index in [9.17, 15) is 4.79 Å². The van der Waals surface area contributed by atoms with E-state index in [1.54, 1.807) is 18.3 Å². The number of hydrogen-bond acceptors (Lipinski definition) is 4. The number of ether oxygens (including phenoxy) is 1. The average molecular weight is 456 g/mol. The Bertz CT molecular complexity index is 1100. The van der Waals surface area contributed by atoms with E-state index in [1.807, 2.05) is 47.0 Å². The van der Waals surface area contributed by atoms with Crippen LogP contribution >= 0.6 is 23.8 Å². The largest absolute Gasteiger partial charge is 0.375 e. The standard InChI is InChI=1S/C22H22ClN5O2S/c1-27-10-8-14(12-27)21-20(18-5-3-4-9-24-18)26-22(31)28(21)15-6-7-17(16(23)11-15)25-19(29)13-30-2/h3-12,20-21H,13H2,1-2H3,(H,25,29)(H,26,31)/t20-,21-/m1/s1. The molecule has 0 radical (unpaired) electrons. The zero-order chi connectivity index (χ0) is 22.0. The molecule has 2 atom stereocenters. The lowest BCUT2D eigenvalue weighted by molar-refractivity contribution is -0.119. The van der Waals surface area contributed by atoms with Crippen molar-refractivity contribution in [2.75, 3.05) is 23.9 Å². The highest BCUT2D eigenvalue weighted by atomic mass is 35.5. The maximum atomic E-state index is 11.9. The smallest absolute Gasteiger partial charge is 0.250 e. The molecule has 1 aromatic carbocycles. The molecule has 0 saturated carbocycles. The first-order valence-corrected chi connectivity index (χ1v) is 10.5. The highest BCUT2D eigenvalue weighted by molar-refractivity contribution is 7.80. The maximum absolute atomic E-state index is 11.9. The van der Waals surface area contributed by atoms with Gasteiger partial charge in [0.15, 0.2) is 5.11 Å². The molecule has 1 fully saturated rings. The van der Waals surface area contributed by atoms with Crippen molar-refractivity contribution >= 4 is 46.2 Å². The molecule has 9 heteroatoms. The Balaban J connectivity index is 1.71. The van der Waals surface area contributed by atoms with Crippen LogP contribution in [0.3, 0.4) is 0 Å². The number of thiocarbonyl (C=S) groups is 1. The molecule has 3 heterocycles. The molecule has 2 aromatic heterocycles. The Labute approximate surface area is 191 Å². The predicted molar refractivity (Wildman–Crippen MR) is 125 cm³/mol. The van der Waals surface area contributed by atoms with Crippen molar-refractivity contribution in [2.24, 2.45) is 7.05 Å². The summed E-state index contributed by atoms with van der Waals surface area (Å²) in [6, 6.07) is 13.1. The molecule has 0 unspecified atom stereocenters. The first-order chi connectivity index (χ1) is 15.0. The fraction of sp³-hybridized carbons (Fsp3) is 0.227. The third-order valence-electron chi connectivity index (χ3n) is 5.07. The monoisotopic (exact) mass is 455 g/mol. The molecule has 3 aromatic rings. The molecule has 1 aliphatic heterocycles. The molecule has 0 bridgehead atoms. The van der Waals surface area contributed by atoms with Gasteiger partial charge in [-0.15, -0.1) is 0 Å². The van der Waals surface area contributed by atoms with E-state index >= 15 is 0 Å². The quantitative estimate of drug-likeness (QED) is 0.550. The number of nitrogens with one attached hydrogen (secondary N) is 2. The molecule has 1 amide bonds. The van der Waals surface area contributed by atoms with Crippen molar-refractivity contribution in [1.29, 1.82) is 0 Å². The normalized spacial score (nSPS) is 18.2. The molecule has 1 saturated heterocycles. The number of methoxy groups -OCH3 is 1. The molecule has 1 aliphatic rings. The van der Waals surface area contributed by atoms with Gasteiger partial charge in [-0.2, -0.15) is 0 Å². The van der Waals surface area contributed by atoms with Crippen molar-refractivity contribution in [3.05, 3.63) is 77.3 Å². The minimum Gasteiger partial charge on any atom is -0.375 e. The Morgan fingerprint density at radius 3 is 2.81 bits per heavy atom. The van der Waals surface area contributed by atoms with Gasteiger partial charge < -0.3 is 24.8 Å². The van der Waals surface area contributed by atoms with Crippen molar-refractivity contribution in [1.82, 2.24) is 14.9 Å². The van der Waals surface area contributed by atoms with E-state index < -0.39 is 0 Å². The van der Waals surface area contributed by atoms with Gasteiger partial charge in [-0.25, -0.2) is 0 Å². The van der Waals surface area contributed by atoms with E-state index in [0.717, 1.165) is 16.9 Å². The lowest BCUT2D eigenvalue weighted by Gasteiger charge is -2.27. The van der Waals surface area contributed by atoms with Crippen LogP contribution in [-0.4, -0.2) is 34.3 Å². The van der Waals surface area contributed by atoms with E-state index in [4.69, 9.17) is 28.6 Å². The number of aryl methyl sites for hydroxylation is 1. The van der Waals surface area contributed by atoms with E-state index in [0.29, 0.717) is 15.8 Å². The predicted octanol–water partition coefficient (Wildman–Crippen LogP) is 3.84. The molecule has 0 spiro atoms. The zero-order valence-corrected chi connectivity index (χ0v) is 18.7. The number of halogens is 1. The Morgan fingerprint density at radius 1 is 1.32 bits per heavy atom. The number of hydrogen-bond donors (Lipinski definition) is 2. The van der Waals surface area contributed by atoms with Crippen LogP contribution in [0.4, 0.5) is 11.4 Å². The van der Waals surface area contributed by atoms with Crippen molar-refractivity contribution in [2.45, 2.75) is 12.1 Å². The van der Waals surface area contributed by atoms with Crippen LogP contribution in [0.15, 0.2) is 61.1 Å². The second-order valence-corrected chi connectivity index (χ2v) is 8.05. The fourth-order valence-corrected chi connectivity index (χ4v) is 4.31. The summed E-state index contributed by atoms with van der Waals surface area (Å²) in [4.78, 5) is 18.4. The third kappa shape index (κ3) is 4.41.